The van der Waals surface area contributed by atoms with Gasteiger partial charge in [-0.3, -0.25) is 0 Å². The van der Waals surface area contributed by atoms with Crippen molar-refractivity contribution in [3.05, 3.63) is 107 Å². The molecule has 0 aliphatic carbocycles. The van der Waals surface area contributed by atoms with Crippen molar-refractivity contribution in [1.29, 1.82) is 0 Å². The topological polar surface area (TPSA) is 160 Å². The first-order valence-electron chi connectivity index (χ1n) is 15.7. The fourth-order valence-corrected chi connectivity index (χ4v) is 5.14. The van der Waals surface area contributed by atoms with E-state index >= 15 is 0 Å². The fraction of sp³-hybridized carbons (Fsp3) is 0.314. The Morgan fingerprint density at radius 2 is 1.21 bits per heavy atom. The molecule has 0 unspecified atom stereocenters. The van der Waals surface area contributed by atoms with E-state index in [9.17, 15) is 0 Å². The third kappa shape index (κ3) is 8.99. The van der Waals surface area contributed by atoms with Gasteiger partial charge in [0.1, 0.15) is 11.0 Å². The minimum absolute atomic E-state index is 0. The number of benzene rings is 2. The Hall–Kier alpha value is -5.61. The molecule has 0 aliphatic rings. The van der Waals surface area contributed by atoms with Crippen LogP contribution in [0.4, 0.5) is 23.5 Å². The smallest absolute Gasteiger partial charge is 0.222 e. The van der Waals surface area contributed by atoms with E-state index < -0.39 is 0 Å². The van der Waals surface area contributed by atoms with Gasteiger partial charge < -0.3 is 25.5 Å². The second kappa shape index (κ2) is 17.2. The predicted octanol–water partition coefficient (Wildman–Crippen LogP) is 8.79. The Bertz CT molecular complexity index is 1900. The average Bonchev–Trinajstić information content (AvgIpc) is 3.66. The number of nitrogens with zero attached hydrogens (tertiary/aromatic N) is 9. The summed E-state index contributed by atoms with van der Waals surface area (Å²) < 4.78 is 4.28. The molecule has 47 heavy (non-hydrogen) atoms. The second-order valence-electron chi connectivity index (χ2n) is 10.9. The van der Waals surface area contributed by atoms with Gasteiger partial charge in [0.2, 0.25) is 11.9 Å². The number of azide groups is 1. The number of rotatable bonds is 13. The van der Waals surface area contributed by atoms with Crippen molar-refractivity contribution in [2.24, 2.45) is 5.11 Å². The maximum Gasteiger partial charge on any atom is 0.222 e. The van der Waals surface area contributed by atoms with Crippen LogP contribution in [0.3, 0.4) is 0 Å². The Labute approximate surface area is 277 Å². The van der Waals surface area contributed by atoms with Crippen molar-refractivity contribution in [1.82, 2.24) is 29.1 Å². The van der Waals surface area contributed by atoms with Gasteiger partial charge in [-0.05, 0) is 46.7 Å². The zero-order valence-electron chi connectivity index (χ0n) is 26.3. The quantitative estimate of drug-likeness (QED) is 0.0494. The number of fused-ring (bicyclic) bond motifs is 2. The minimum Gasteiger partial charge on any atom is -0.368 e. The van der Waals surface area contributed by atoms with Crippen LogP contribution in [0, 0.1) is 0 Å². The summed E-state index contributed by atoms with van der Waals surface area (Å²) in [5.74, 6) is 1.97. The van der Waals surface area contributed by atoms with Crippen LogP contribution in [0.1, 0.15) is 59.5 Å². The molecule has 0 amide bonds. The molecule has 0 radical (unpaired) electrons. The number of anilines is 3. The summed E-state index contributed by atoms with van der Waals surface area (Å²) in [6.07, 6.45) is 8.40. The van der Waals surface area contributed by atoms with E-state index in [-0.39, 0.29) is 14.8 Å². The molecule has 0 saturated carbocycles. The predicted molar refractivity (Wildman–Crippen MR) is 195 cm³/mol. The number of nitrogens with one attached hydrogen (secondary N) is 2. The summed E-state index contributed by atoms with van der Waals surface area (Å²) >= 11 is 0. The molecule has 6 aromatic rings. The third-order valence-corrected chi connectivity index (χ3v) is 7.40. The van der Waals surface area contributed by atoms with Crippen LogP contribution in [0.2, 0.25) is 0 Å². The van der Waals surface area contributed by atoms with Crippen molar-refractivity contribution < 1.29 is 1.43 Å². The first-order valence-corrected chi connectivity index (χ1v) is 15.7. The van der Waals surface area contributed by atoms with Gasteiger partial charge in [-0.1, -0.05) is 94.8 Å². The summed E-state index contributed by atoms with van der Waals surface area (Å²) in [5.41, 5.74) is 20.5. The monoisotopic (exact) mass is 635 g/mol. The lowest BCUT2D eigenvalue weighted by Crippen LogP contribution is -2.09. The van der Waals surface area contributed by atoms with Gasteiger partial charge in [0.25, 0.3) is 0 Å². The molecular formula is C35H46N12. The van der Waals surface area contributed by atoms with Gasteiger partial charge >= 0.3 is 0 Å². The van der Waals surface area contributed by atoms with E-state index in [0.29, 0.717) is 11.8 Å². The molecule has 2 aromatic carbocycles. The van der Waals surface area contributed by atoms with E-state index in [1.807, 2.05) is 48.8 Å². The molecule has 4 N–H and O–H groups in total. The number of nitrogen functional groups attached to an aromatic ring is 1. The lowest BCUT2D eigenvalue weighted by Gasteiger charge is -2.11. The Balaban J connectivity index is 0.000000251. The SMILES string of the molecule is C.CCCCNc1nc(N)nc2ccn(Cc3ccccc3)c12.CCCCNc1nc(N=[N+]=[N-])nc2ccn(Cc3ccccc3)c12.[2HH]. The standard InChI is InChI=1S/C17H19N7.C17H21N5.CH4.H2/c1-2-3-10-19-16-15-14(20-17(21-16)22-23-18)9-11-24(15)12-13-7-5-4-6-8-13;1-2-3-10-19-16-15-14(20-17(18)21-16)9-11-22(15)12-13-7-5-4-6-8-13;;/h4-9,11H,2-3,10,12H2,1H3,(H,19,20,21);4-9,11H,2-3,10,12H2,1H3,(H3,18,19,20,21);1H4;1H/i;;;1+1. The molecule has 0 atom stereocenters. The van der Waals surface area contributed by atoms with Gasteiger partial charge in [0.05, 0.1) is 11.0 Å². The lowest BCUT2D eigenvalue weighted by atomic mass is 10.2. The minimum atomic E-state index is 0. The largest absolute Gasteiger partial charge is 0.368 e. The summed E-state index contributed by atoms with van der Waals surface area (Å²) in [6, 6.07) is 24.5. The highest BCUT2D eigenvalue weighted by Crippen LogP contribution is 2.26. The fourth-order valence-electron chi connectivity index (χ4n) is 5.14. The number of nitrogens with two attached hydrogens (primary N) is 1. The molecule has 0 aliphatic heterocycles. The highest BCUT2D eigenvalue weighted by Gasteiger charge is 2.13. The van der Waals surface area contributed by atoms with Crippen LogP contribution in [-0.4, -0.2) is 42.2 Å². The van der Waals surface area contributed by atoms with E-state index in [1.165, 1.54) is 11.1 Å². The van der Waals surface area contributed by atoms with Crippen molar-refractivity contribution in [3.63, 3.8) is 0 Å². The van der Waals surface area contributed by atoms with Crippen LogP contribution in [-0.2, 0) is 13.1 Å². The molecule has 0 fully saturated rings. The van der Waals surface area contributed by atoms with Crippen LogP contribution >= 0.6 is 0 Å². The van der Waals surface area contributed by atoms with Gasteiger partial charge in [0, 0.05) is 44.9 Å². The molecule has 4 aromatic heterocycles. The molecule has 6 rings (SSSR count). The second-order valence-corrected chi connectivity index (χ2v) is 10.9. The van der Waals surface area contributed by atoms with Gasteiger partial charge in [-0.2, -0.15) is 4.98 Å². The number of unbranched alkanes of at least 4 members (excludes halogenated alkanes) is 2. The van der Waals surface area contributed by atoms with Gasteiger partial charge in [-0.15, -0.1) is 0 Å². The van der Waals surface area contributed by atoms with Crippen molar-refractivity contribution in [3.8, 4) is 0 Å². The summed E-state index contributed by atoms with van der Waals surface area (Å²) in [4.78, 5) is 20.2. The highest BCUT2D eigenvalue weighted by molar-refractivity contribution is 5.88. The number of hydrogen-bond acceptors (Lipinski definition) is 8. The van der Waals surface area contributed by atoms with Crippen molar-refractivity contribution in [2.75, 3.05) is 29.5 Å². The molecule has 4 heterocycles. The molecule has 12 nitrogen and oxygen atoms in total. The van der Waals surface area contributed by atoms with Crippen LogP contribution in [0.15, 0.2) is 90.3 Å². The Morgan fingerprint density at radius 1 is 0.723 bits per heavy atom. The summed E-state index contributed by atoms with van der Waals surface area (Å²) in [5, 5.41) is 10.3. The van der Waals surface area contributed by atoms with E-state index in [2.05, 4.69) is 100.0 Å². The zero-order chi connectivity index (χ0) is 32.1. The molecular weight excluding hydrogens is 588 g/mol. The molecule has 0 spiro atoms. The summed E-state index contributed by atoms with van der Waals surface area (Å²) in [7, 11) is 0. The molecule has 246 valence electrons. The molecule has 0 bridgehead atoms. The van der Waals surface area contributed by atoms with Crippen LogP contribution in [0.5, 0.6) is 0 Å². The van der Waals surface area contributed by atoms with Crippen molar-refractivity contribution >= 4 is 45.6 Å². The van der Waals surface area contributed by atoms with Crippen molar-refractivity contribution in [2.45, 2.75) is 60.0 Å². The number of aromatic nitrogens is 6. The van der Waals surface area contributed by atoms with Gasteiger partial charge in [0.15, 0.2) is 11.6 Å². The zero-order valence-corrected chi connectivity index (χ0v) is 26.3. The summed E-state index contributed by atoms with van der Waals surface area (Å²) in [6.45, 7) is 7.54. The third-order valence-electron chi connectivity index (χ3n) is 7.40. The first-order chi connectivity index (χ1) is 22.6. The van der Waals surface area contributed by atoms with Crippen LogP contribution in [0.25, 0.3) is 32.5 Å². The van der Waals surface area contributed by atoms with Crippen LogP contribution < -0.4 is 16.4 Å². The lowest BCUT2D eigenvalue weighted by molar-refractivity contribution is 0.819. The maximum atomic E-state index is 8.65. The normalized spacial score (nSPS) is 10.5. The molecule has 12 heteroatoms. The molecule has 0 saturated heterocycles. The average molecular weight is 636 g/mol. The Morgan fingerprint density at radius 3 is 1.70 bits per heavy atom. The Kier molecular flexibility index (Phi) is 12.5. The van der Waals surface area contributed by atoms with E-state index in [1.54, 1.807) is 0 Å². The number of hydrogen-bond donors (Lipinski definition) is 3. The highest BCUT2D eigenvalue weighted by atomic mass is 15.2. The van der Waals surface area contributed by atoms with Gasteiger partial charge in [-0.25, -0.2) is 15.0 Å². The van der Waals surface area contributed by atoms with E-state index in [0.717, 1.165) is 79.7 Å². The maximum absolute atomic E-state index is 8.65. The van der Waals surface area contributed by atoms with E-state index in [4.69, 9.17) is 11.3 Å². The first kappa shape index (κ1) is 34.3.